The molecule has 0 bridgehead atoms. The van der Waals surface area contributed by atoms with Crippen molar-refractivity contribution in [3.05, 3.63) is 29.8 Å². The fraction of sp³-hybridized carbons (Fsp3) is 0.529. The summed E-state index contributed by atoms with van der Waals surface area (Å²) in [6.07, 6.45) is 2.52. The summed E-state index contributed by atoms with van der Waals surface area (Å²) in [6.45, 7) is 6.22. The molecule has 7 heteroatoms. The number of urea groups is 1. The van der Waals surface area contributed by atoms with Crippen LogP contribution in [0, 0.1) is 6.92 Å². The van der Waals surface area contributed by atoms with Crippen molar-refractivity contribution < 1.29 is 9.59 Å². The Balaban J connectivity index is 2.52. The van der Waals surface area contributed by atoms with Gasteiger partial charge in [0.15, 0.2) is 0 Å². The van der Waals surface area contributed by atoms with Gasteiger partial charge in [-0.2, -0.15) is 11.8 Å². The van der Waals surface area contributed by atoms with Gasteiger partial charge in [0.1, 0.15) is 6.04 Å². The average Bonchev–Trinajstić information content (AvgIpc) is 2.55. The van der Waals surface area contributed by atoms with Crippen LogP contribution < -0.4 is 21.3 Å². The second-order valence-electron chi connectivity index (χ2n) is 5.55. The molecular formula is C17H28N4O2S. The molecule has 3 amide bonds. The van der Waals surface area contributed by atoms with Gasteiger partial charge in [0, 0.05) is 25.3 Å². The normalized spacial score (nSPS) is 11.6. The first kappa shape index (κ1) is 20.2. The summed E-state index contributed by atoms with van der Waals surface area (Å²) in [6, 6.07) is 7.02. The van der Waals surface area contributed by atoms with Crippen molar-refractivity contribution in [2.75, 3.05) is 36.5 Å². The van der Waals surface area contributed by atoms with E-state index in [9.17, 15) is 9.59 Å². The smallest absolute Gasteiger partial charge is 0.312 e. The lowest BCUT2D eigenvalue weighted by atomic mass is 10.2. The summed E-state index contributed by atoms with van der Waals surface area (Å²) in [4.78, 5) is 25.5. The Morgan fingerprint density at radius 2 is 2.12 bits per heavy atom. The average molecular weight is 353 g/mol. The van der Waals surface area contributed by atoms with Crippen LogP contribution in [-0.4, -0.2) is 49.6 Å². The highest BCUT2D eigenvalue weighted by molar-refractivity contribution is 7.98. The first-order valence-corrected chi connectivity index (χ1v) is 9.51. The number of carbonyl (C=O) groups excluding carboxylic acids is 2. The Morgan fingerprint density at radius 1 is 1.38 bits per heavy atom. The van der Waals surface area contributed by atoms with Crippen LogP contribution in [0.5, 0.6) is 0 Å². The van der Waals surface area contributed by atoms with Gasteiger partial charge in [-0.15, -0.1) is 0 Å². The fourth-order valence-electron chi connectivity index (χ4n) is 2.41. The molecule has 0 saturated heterocycles. The summed E-state index contributed by atoms with van der Waals surface area (Å²) >= 11 is 1.63. The number of anilines is 1. The number of hydrogen-bond donors (Lipinski definition) is 3. The molecule has 0 spiro atoms. The van der Waals surface area contributed by atoms with Crippen LogP contribution in [0.1, 0.15) is 18.9 Å². The number of nitrogens with two attached hydrogens (primary N) is 1. The molecule has 0 aliphatic rings. The second-order valence-corrected chi connectivity index (χ2v) is 6.54. The number of amides is 3. The zero-order valence-corrected chi connectivity index (χ0v) is 15.5. The maximum absolute atomic E-state index is 12.2. The number of thioether (sulfide) groups is 1. The number of benzene rings is 1. The number of nitrogens with one attached hydrogen (secondary N) is 2. The van der Waals surface area contributed by atoms with E-state index >= 15 is 0 Å². The lowest BCUT2D eigenvalue weighted by molar-refractivity contribution is -0.122. The third kappa shape index (κ3) is 7.12. The summed E-state index contributed by atoms with van der Waals surface area (Å²) in [7, 11) is 0. The van der Waals surface area contributed by atoms with Crippen molar-refractivity contribution in [2.45, 2.75) is 26.3 Å². The molecule has 1 atom stereocenters. The first-order valence-electron chi connectivity index (χ1n) is 8.12. The quantitative estimate of drug-likeness (QED) is 0.598. The van der Waals surface area contributed by atoms with Gasteiger partial charge < -0.3 is 21.3 Å². The molecule has 0 radical (unpaired) electrons. The molecule has 1 rings (SSSR count). The van der Waals surface area contributed by atoms with E-state index in [2.05, 4.69) is 47.6 Å². The number of aryl methyl sites for hydroxylation is 1. The van der Waals surface area contributed by atoms with Crippen molar-refractivity contribution in [2.24, 2.45) is 5.73 Å². The van der Waals surface area contributed by atoms with Crippen LogP contribution in [0.2, 0.25) is 0 Å². The molecule has 0 saturated carbocycles. The van der Waals surface area contributed by atoms with E-state index in [0.29, 0.717) is 19.5 Å². The lowest BCUT2D eigenvalue weighted by Crippen LogP contribution is -2.50. The number of nitrogens with zero attached hydrogens (tertiary/aromatic N) is 1. The van der Waals surface area contributed by atoms with Crippen LogP contribution in [0.3, 0.4) is 0 Å². The maximum atomic E-state index is 12.2. The summed E-state index contributed by atoms with van der Waals surface area (Å²) in [5.41, 5.74) is 7.49. The molecular weight excluding hydrogens is 324 g/mol. The van der Waals surface area contributed by atoms with Gasteiger partial charge in [-0.3, -0.25) is 4.79 Å². The molecule has 1 aromatic carbocycles. The van der Waals surface area contributed by atoms with Crippen LogP contribution in [0.25, 0.3) is 0 Å². The molecule has 0 fully saturated rings. The van der Waals surface area contributed by atoms with Gasteiger partial charge in [0.25, 0.3) is 0 Å². The first-order chi connectivity index (χ1) is 11.5. The highest BCUT2D eigenvalue weighted by atomic mass is 32.2. The maximum Gasteiger partial charge on any atom is 0.312 e. The molecule has 6 nitrogen and oxygen atoms in total. The molecule has 4 N–H and O–H groups in total. The number of likely N-dealkylation sites (N-methyl/N-ethyl adjacent to an activating group) is 1. The van der Waals surface area contributed by atoms with E-state index in [0.717, 1.165) is 18.0 Å². The van der Waals surface area contributed by atoms with Crippen LogP contribution in [0.15, 0.2) is 24.3 Å². The van der Waals surface area contributed by atoms with Crippen LogP contribution in [0.4, 0.5) is 10.5 Å². The van der Waals surface area contributed by atoms with Crippen LogP contribution in [-0.2, 0) is 4.79 Å². The van der Waals surface area contributed by atoms with Crippen molar-refractivity contribution in [1.29, 1.82) is 0 Å². The minimum Gasteiger partial charge on any atom is -0.370 e. The predicted octanol–water partition coefficient (Wildman–Crippen LogP) is 1.73. The highest BCUT2D eigenvalue weighted by Gasteiger charge is 2.19. The molecule has 1 aromatic rings. The van der Waals surface area contributed by atoms with Gasteiger partial charge >= 0.3 is 6.03 Å². The molecule has 0 aliphatic heterocycles. The summed E-state index contributed by atoms with van der Waals surface area (Å²) in [5, 5.41) is 5.39. The van der Waals surface area contributed by atoms with E-state index in [1.54, 1.807) is 11.8 Å². The van der Waals surface area contributed by atoms with Crippen molar-refractivity contribution in [3.8, 4) is 0 Å². The van der Waals surface area contributed by atoms with Gasteiger partial charge in [-0.1, -0.05) is 12.1 Å². The summed E-state index contributed by atoms with van der Waals surface area (Å²) in [5.74, 6) is 0.589. The Morgan fingerprint density at radius 3 is 2.71 bits per heavy atom. The van der Waals surface area contributed by atoms with Crippen molar-refractivity contribution >= 4 is 29.4 Å². The Kier molecular flexibility index (Phi) is 9.07. The number of rotatable bonds is 10. The minimum absolute atomic E-state index is 0.192. The zero-order valence-electron chi connectivity index (χ0n) is 14.7. The van der Waals surface area contributed by atoms with Gasteiger partial charge in [-0.25, -0.2) is 4.79 Å². The summed E-state index contributed by atoms with van der Waals surface area (Å²) < 4.78 is 0. The van der Waals surface area contributed by atoms with Gasteiger partial charge in [-0.05, 0) is 50.0 Å². The fourth-order valence-corrected chi connectivity index (χ4v) is 2.88. The van der Waals surface area contributed by atoms with E-state index in [-0.39, 0.29) is 5.91 Å². The number of primary amides is 1. The Hall–Kier alpha value is -1.89. The van der Waals surface area contributed by atoms with Crippen molar-refractivity contribution in [1.82, 2.24) is 10.6 Å². The molecule has 0 aliphatic carbocycles. The topological polar surface area (TPSA) is 87.5 Å². The van der Waals surface area contributed by atoms with E-state index in [1.165, 1.54) is 5.56 Å². The molecule has 24 heavy (non-hydrogen) atoms. The van der Waals surface area contributed by atoms with E-state index in [1.807, 2.05) is 12.3 Å². The standard InChI is InChI=1S/C17H28N4O2S/c1-4-21(14-7-5-6-13(2)12-14)10-9-19-16(22)15(8-11-24-3)20-17(18)23/h5-7,12,15H,4,8-11H2,1-3H3,(H,19,22)(H3,18,20,23). The zero-order chi connectivity index (χ0) is 17.9. The van der Waals surface area contributed by atoms with E-state index < -0.39 is 12.1 Å². The van der Waals surface area contributed by atoms with Crippen molar-refractivity contribution in [3.63, 3.8) is 0 Å². The van der Waals surface area contributed by atoms with Gasteiger partial charge in [0.05, 0.1) is 0 Å². The minimum atomic E-state index is -0.675. The third-order valence-corrected chi connectivity index (χ3v) is 4.32. The Labute approximate surface area is 148 Å². The monoisotopic (exact) mass is 352 g/mol. The molecule has 134 valence electrons. The van der Waals surface area contributed by atoms with Gasteiger partial charge in [0.2, 0.25) is 5.91 Å². The SMILES string of the molecule is CCN(CCNC(=O)C(CCSC)NC(N)=O)c1cccc(C)c1. The van der Waals surface area contributed by atoms with Crippen LogP contribution >= 0.6 is 11.8 Å². The molecule has 0 heterocycles. The number of hydrogen-bond acceptors (Lipinski definition) is 4. The number of carbonyl (C=O) groups is 2. The second kappa shape index (κ2) is 10.8. The highest BCUT2D eigenvalue weighted by Crippen LogP contribution is 2.15. The lowest BCUT2D eigenvalue weighted by Gasteiger charge is -2.24. The predicted molar refractivity (Wildman–Crippen MR) is 102 cm³/mol. The third-order valence-electron chi connectivity index (χ3n) is 3.67. The molecule has 1 unspecified atom stereocenters. The Bertz CT molecular complexity index is 539. The van der Waals surface area contributed by atoms with E-state index in [4.69, 9.17) is 5.73 Å². The molecule has 0 aromatic heterocycles. The largest absolute Gasteiger partial charge is 0.370 e.